The number of ether oxygens (including phenoxy) is 2. The first kappa shape index (κ1) is 27.9. The summed E-state index contributed by atoms with van der Waals surface area (Å²) >= 11 is 3.41. The van der Waals surface area contributed by atoms with E-state index in [2.05, 4.69) is 33.0 Å². The van der Waals surface area contributed by atoms with Crippen molar-refractivity contribution < 1.29 is 27.1 Å². The highest BCUT2D eigenvalue weighted by Crippen LogP contribution is 2.36. The van der Waals surface area contributed by atoms with Gasteiger partial charge in [0.25, 0.3) is 15.9 Å². The van der Waals surface area contributed by atoms with Gasteiger partial charge in [0.05, 0.1) is 28.4 Å². The standard InChI is InChI=1S/C26H25BrFN3O5S/c1-4-13-36-26-21(27)14-19(15-24(26)35-3)16-29-30-25(32)17-31(23-8-6-5-7-22(23)28)37(33,34)20-11-9-18(2)10-12-20/h4-12,14-16H,1,13,17H2,2-3H3,(H,30,32)/b29-16-. The lowest BCUT2D eigenvalue weighted by Gasteiger charge is -2.24. The van der Waals surface area contributed by atoms with Crippen molar-refractivity contribution in [3.63, 3.8) is 0 Å². The van der Waals surface area contributed by atoms with Crippen LogP contribution in [0.5, 0.6) is 11.5 Å². The lowest BCUT2D eigenvalue weighted by molar-refractivity contribution is -0.119. The van der Waals surface area contributed by atoms with E-state index in [-0.39, 0.29) is 17.2 Å². The number of aryl methyl sites for hydroxylation is 1. The van der Waals surface area contributed by atoms with Crippen LogP contribution in [0, 0.1) is 12.7 Å². The molecule has 3 aromatic carbocycles. The van der Waals surface area contributed by atoms with Crippen molar-refractivity contribution in [1.29, 1.82) is 0 Å². The number of nitrogens with one attached hydrogen (secondary N) is 1. The zero-order chi connectivity index (χ0) is 27.0. The minimum absolute atomic E-state index is 0.0756. The maximum absolute atomic E-state index is 14.6. The number of hydrazone groups is 1. The fourth-order valence-corrected chi connectivity index (χ4v) is 5.24. The summed E-state index contributed by atoms with van der Waals surface area (Å²) in [6.07, 6.45) is 2.95. The first-order valence-electron chi connectivity index (χ1n) is 10.9. The Kier molecular flexibility index (Phi) is 9.42. The molecular formula is C26H25BrFN3O5S. The van der Waals surface area contributed by atoms with Gasteiger partial charge in [-0.15, -0.1) is 0 Å². The third kappa shape index (κ3) is 6.95. The molecule has 0 aliphatic carbocycles. The Morgan fingerprint density at radius 3 is 2.54 bits per heavy atom. The second-order valence-electron chi connectivity index (χ2n) is 7.70. The molecule has 0 radical (unpaired) electrons. The van der Waals surface area contributed by atoms with Crippen LogP contribution >= 0.6 is 15.9 Å². The number of amides is 1. The molecule has 3 rings (SSSR count). The average Bonchev–Trinajstić information content (AvgIpc) is 2.87. The van der Waals surface area contributed by atoms with Crippen LogP contribution in [0.25, 0.3) is 0 Å². The van der Waals surface area contributed by atoms with Crippen molar-refractivity contribution in [2.75, 3.05) is 24.6 Å². The number of halogens is 2. The summed E-state index contributed by atoms with van der Waals surface area (Å²) < 4.78 is 53.5. The van der Waals surface area contributed by atoms with E-state index in [0.29, 0.717) is 25.8 Å². The van der Waals surface area contributed by atoms with E-state index in [0.717, 1.165) is 11.6 Å². The highest BCUT2D eigenvalue weighted by atomic mass is 79.9. The number of carbonyl (C=O) groups excluding carboxylic acids is 1. The molecule has 0 saturated carbocycles. The Bertz CT molecular complexity index is 1410. The summed E-state index contributed by atoms with van der Waals surface area (Å²) in [5, 5.41) is 3.91. The van der Waals surface area contributed by atoms with Gasteiger partial charge in [0, 0.05) is 0 Å². The van der Waals surface area contributed by atoms with Crippen LogP contribution in [0.1, 0.15) is 11.1 Å². The Hall–Kier alpha value is -3.70. The van der Waals surface area contributed by atoms with Crippen LogP contribution < -0.4 is 19.2 Å². The third-order valence-corrected chi connectivity index (χ3v) is 7.38. The third-order valence-electron chi connectivity index (χ3n) is 5.02. The zero-order valence-corrected chi connectivity index (χ0v) is 22.6. The fraction of sp³-hybridized carbons (Fsp3) is 0.154. The van der Waals surface area contributed by atoms with Gasteiger partial charge in [0.15, 0.2) is 11.5 Å². The predicted molar refractivity (Wildman–Crippen MR) is 144 cm³/mol. The summed E-state index contributed by atoms with van der Waals surface area (Å²) in [7, 11) is -2.77. The quantitative estimate of drug-likeness (QED) is 0.196. The molecule has 0 fully saturated rings. The zero-order valence-electron chi connectivity index (χ0n) is 20.1. The van der Waals surface area contributed by atoms with E-state index >= 15 is 0 Å². The highest BCUT2D eigenvalue weighted by molar-refractivity contribution is 9.10. The van der Waals surface area contributed by atoms with Crippen molar-refractivity contribution in [1.82, 2.24) is 5.43 Å². The molecule has 1 N–H and O–H groups in total. The smallest absolute Gasteiger partial charge is 0.264 e. The van der Waals surface area contributed by atoms with Crippen LogP contribution in [-0.2, 0) is 14.8 Å². The lowest BCUT2D eigenvalue weighted by Crippen LogP contribution is -2.40. The largest absolute Gasteiger partial charge is 0.493 e. The summed E-state index contributed by atoms with van der Waals surface area (Å²) in [6, 6.07) is 14.7. The summed E-state index contributed by atoms with van der Waals surface area (Å²) in [5.41, 5.74) is 3.45. The summed E-state index contributed by atoms with van der Waals surface area (Å²) in [4.78, 5) is 12.6. The Morgan fingerprint density at radius 1 is 1.19 bits per heavy atom. The average molecular weight is 590 g/mol. The van der Waals surface area contributed by atoms with E-state index < -0.39 is 28.3 Å². The van der Waals surface area contributed by atoms with E-state index in [9.17, 15) is 17.6 Å². The van der Waals surface area contributed by atoms with Crippen LogP contribution in [-0.4, -0.2) is 40.8 Å². The number of hydrogen-bond donors (Lipinski definition) is 1. The minimum atomic E-state index is -4.26. The predicted octanol–water partition coefficient (Wildman–Crippen LogP) is 4.82. The van der Waals surface area contributed by atoms with Gasteiger partial charge in [-0.25, -0.2) is 18.2 Å². The van der Waals surface area contributed by atoms with Crippen molar-refractivity contribution in [2.24, 2.45) is 5.10 Å². The van der Waals surface area contributed by atoms with Crippen LogP contribution in [0.3, 0.4) is 0 Å². The Morgan fingerprint density at radius 2 is 1.89 bits per heavy atom. The molecular weight excluding hydrogens is 565 g/mol. The molecule has 8 nitrogen and oxygen atoms in total. The van der Waals surface area contributed by atoms with Gasteiger partial charge in [0.1, 0.15) is 19.0 Å². The monoisotopic (exact) mass is 589 g/mol. The first-order chi connectivity index (χ1) is 17.7. The number of rotatable bonds is 11. The molecule has 0 saturated heterocycles. The van der Waals surface area contributed by atoms with E-state index in [1.165, 1.54) is 43.7 Å². The van der Waals surface area contributed by atoms with E-state index in [1.54, 1.807) is 30.3 Å². The number of para-hydroxylation sites is 1. The molecule has 0 spiro atoms. The van der Waals surface area contributed by atoms with Crippen LogP contribution in [0.15, 0.2) is 87.8 Å². The van der Waals surface area contributed by atoms with Gasteiger partial charge in [-0.3, -0.25) is 9.10 Å². The van der Waals surface area contributed by atoms with Gasteiger partial charge in [-0.2, -0.15) is 5.10 Å². The minimum Gasteiger partial charge on any atom is -0.493 e. The molecule has 3 aromatic rings. The maximum atomic E-state index is 14.6. The van der Waals surface area contributed by atoms with E-state index in [4.69, 9.17) is 9.47 Å². The van der Waals surface area contributed by atoms with Gasteiger partial charge in [0.2, 0.25) is 0 Å². The number of sulfonamides is 1. The van der Waals surface area contributed by atoms with Crippen molar-refractivity contribution in [3.8, 4) is 11.5 Å². The number of benzene rings is 3. The number of anilines is 1. The fourth-order valence-electron chi connectivity index (χ4n) is 3.23. The van der Waals surface area contributed by atoms with Gasteiger partial charge in [-0.05, 0) is 64.8 Å². The maximum Gasteiger partial charge on any atom is 0.264 e. The van der Waals surface area contributed by atoms with Crippen LogP contribution in [0.2, 0.25) is 0 Å². The molecule has 0 aromatic heterocycles. The molecule has 11 heteroatoms. The van der Waals surface area contributed by atoms with Crippen molar-refractivity contribution in [3.05, 3.63) is 94.7 Å². The van der Waals surface area contributed by atoms with Gasteiger partial charge in [-0.1, -0.05) is 42.5 Å². The Labute approximate surface area is 223 Å². The summed E-state index contributed by atoms with van der Waals surface area (Å²) in [6.45, 7) is 5.00. The van der Waals surface area contributed by atoms with Crippen molar-refractivity contribution >= 4 is 43.8 Å². The summed E-state index contributed by atoms with van der Waals surface area (Å²) in [5.74, 6) is -0.651. The SMILES string of the molecule is C=CCOc1c(Br)cc(/C=N\NC(=O)CN(c2ccccc2F)S(=O)(=O)c2ccc(C)cc2)cc1OC. The molecule has 0 unspecified atom stereocenters. The molecule has 0 heterocycles. The second-order valence-corrected chi connectivity index (χ2v) is 10.4. The normalized spacial score (nSPS) is 11.2. The number of methoxy groups -OCH3 is 1. The van der Waals surface area contributed by atoms with Crippen LogP contribution in [0.4, 0.5) is 10.1 Å². The number of hydrogen-bond acceptors (Lipinski definition) is 6. The molecule has 37 heavy (non-hydrogen) atoms. The lowest BCUT2D eigenvalue weighted by atomic mass is 10.2. The molecule has 1 amide bonds. The molecule has 0 aliphatic rings. The molecule has 0 atom stereocenters. The van der Waals surface area contributed by atoms with E-state index in [1.807, 2.05) is 6.92 Å². The molecule has 194 valence electrons. The van der Waals surface area contributed by atoms with Gasteiger partial charge >= 0.3 is 0 Å². The first-order valence-corrected chi connectivity index (χ1v) is 13.2. The molecule has 0 bridgehead atoms. The Balaban J connectivity index is 1.82. The topological polar surface area (TPSA) is 97.3 Å². The number of nitrogens with zero attached hydrogens (tertiary/aromatic N) is 2. The highest BCUT2D eigenvalue weighted by Gasteiger charge is 2.29. The van der Waals surface area contributed by atoms with Gasteiger partial charge < -0.3 is 9.47 Å². The molecule has 0 aliphatic heterocycles. The number of carbonyl (C=O) groups is 1. The van der Waals surface area contributed by atoms with Crippen molar-refractivity contribution in [2.45, 2.75) is 11.8 Å². The second kappa shape index (κ2) is 12.5.